The zero-order valence-corrected chi connectivity index (χ0v) is 20.0. The Balaban J connectivity index is 1.91. The topological polar surface area (TPSA) is 36.3 Å². The Morgan fingerprint density at radius 3 is 2.34 bits per heavy atom. The molecule has 0 radical (unpaired) electrons. The van der Waals surface area contributed by atoms with Crippen LogP contribution in [-0.4, -0.2) is 22.5 Å². The normalized spacial score (nSPS) is 13.6. The number of benzene rings is 1. The van der Waals surface area contributed by atoms with Gasteiger partial charge in [0.1, 0.15) is 5.75 Å². The maximum atomic E-state index is 6.27. The van der Waals surface area contributed by atoms with E-state index in [2.05, 4.69) is 58.8 Å². The van der Waals surface area contributed by atoms with Gasteiger partial charge in [0.05, 0.1) is 23.3 Å². The second kappa shape index (κ2) is 9.42. The van der Waals surface area contributed by atoms with Crippen molar-refractivity contribution < 1.29 is 9.47 Å². The smallest absolute Gasteiger partial charge is 0.232 e. The van der Waals surface area contributed by atoms with Crippen molar-refractivity contribution in [3.05, 3.63) is 41.0 Å². The average molecular weight is 421 g/mol. The number of ether oxygens (including phenoxy) is 2. The number of aromatic nitrogens is 2. The first kappa shape index (κ1) is 23.6. The molecule has 1 aromatic carbocycles. The van der Waals surface area contributed by atoms with E-state index in [9.17, 15) is 0 Å². The maximum absolute atomic E-state index is 6.27. The SMILES string of the molecule is CC(C)Oc1cc(C(C)CCC(C)(C)COc2ccn(C(C)(C)C)n2)ccc1Cl. The molecule has 162 valence electrons. The van der Waals surface area contributed by atoms with E-state index < -0.39 is 0 Å². The van der Waals surface area contributed by atoms with Crippen LogP contribution in [-0.2, 0) is 5.54 Å². The summed E-state index contributed by atoms with van der Waals surface area (Å²) in [7, 11) is 0. The zero-order valence-electron chi connectivity index (χ0n) is 19.3. The number of hydrogen-bond acceptors (Lipinski definition) is 3. The van der Waals surface area contributed by atoms with Gasteiger partial charge in [-0.25, -0.2) is 0 Å². The average Bonchev–Trinajstić information content (AvgIpc) is 3.09. The molecule has 1 heterocycles. The fourth-order valence-corrected chi connectivity index (χ4v) is 3.21. The summed E-state index contributed by atoms with van der Waals surface area (Å²) in [5.74, 6) is 1.87. The van der Waals surface area contributed by atoms with Crippen LogP contribution in [0.3, 0.4) is 0 Å². The second-order valence-electron chi connectivity index (χ2n) is 10.0. The van der Waals surface area contributed by atoms with E-state index in [-0.39, 0.29) is 17.1 Å². The van der Waals surface area contributed by atoms with Gasteiger partial charge in [-0.05, 0) is 76.5 Å². The number of halogens is 1. The lowest BCUT2D eigenvalue weighted by atomic mass is 9.84. The predicted molar refractivity (Wildman–Crippen MR) is 121 cm³/mol. The predicted octanol–water partition coefficient (Wildman–Crippen LogP) is 7.07. The molecule has 0 N–H and O–H groups in total. The highest BCUT2D eigenvalue weighted by Gasteiger charge is 2.22. The molecule has 0 spiro atoms. The highest BCUT2D eigenvalue weighted by Crippen LogP contribution is 2.34. The summed E-state index contributed by atoms with van der Waals surface area (Å²) in [6, 6.07) is 8.05. The number of nitrogens with zero attached hydrogens (tertiary/aromatic N) is 2. The van der Waals surface area contributed by atoms with Gasteiger partial charge >= 0.3 is 0 Å². The van der Waals surface area contributed by atoms with Crippen LogP contribution in [0.5, 0.6) is 11.6 Å². The van der Waals surface area contributed by atoms with Crippen molar-refractivity contribution in [3.8, 4) is 11.6 Å². The van der Waals surface area contributed by atoms with E-state index in [1.54, 1.807) is 0 Å². The summed E-state index contributed by atoms with van der Waals surface area (Å²) in [5.41, 5.74) is 1.28. The largest absolute Gasteiger partial charge is 0.489 e. The van der Waals surface area contributed by atoms with Crippen LogP contribution >= 0.6 is 11.6 Å². The molecule has 1 atom stereocenters. The fourth-order valence-electron chi connectivity index (χ4n) is 3.04. The summed E-state index contributed by atoms with van der Waals surface area (Å²) in [5, 5.41) is 5.20. The highest BCUT2D eigenvalue weighted by molar-refractivity contribution is 6.32. The molecule has 0 bridgehead atoms. The van der Waals surface area contributed by atoms with Crippen LogP contribution in [0.1, 0.15) is 79.7 Å². The molecule has 2 rings (SSSR count). The van der Waals surface area contributed by atoms with Crippen LogP contribution in [0, 0.1) is 5.41 Å². The third-order valence-electron chi connectivity index (χ3n) is 5.00. The summed E-state index contributed by atoms with van der Waals surface area (Å²) in [6.07, 6.45) is 4.20. The Hall–Kier alpha value is -1.68. The van der Waals surface area contributed by atoms with E-state index in [0.29, 0.717) is 23.4 Å². The van der Waals surface area contributed by atoms with Gasteiger partial charge < -0.3 is 9.47 Å². The number of hydrogen-bond donors (Lipinski definition) is 0. The van der Waals surface area contributed by atoms with Crippen molar-refractivity contribution in [1.82, 2.24) is 9.78 Å². The van der Waals surface area contributed by atoms with Gasteiger partial charge in [-0.1, -0.05) is 38.4 Å². The van der Waals surface area contributed by atoms with E-state index in [0.717, 1.165) is 18.6 Å². The molecule has 0 fully saturated rings. The Morgan fingerprint density at radius 1 is 1.07 bits per heavy atom. The third-order valence-corrected chi connectivity index (χ3v) is 5.32. The van der Waals surface area contributed by atoms with Gasteiger partial charge in [0.25, 0.3) is 0 Å². The first-order chi connectivity index (χ1) is 13.4. The molecule has 5 heteroatoms. The molecule has 29 heavy (non-hydrogen) atoms. The molecule has 1 unspecified atom stereocenters. The van der Waals surface area contributed by atoms with E-state index in [1.807, 2.05) is 36.9 Å². The Labute approximate surface area is 181 Å². The quantitative estimate of drug-likeness (QED) is 0.435. The van der Waals surface area contributed by atoms with Gasteiger partial charge in [0, 0.05) is 12.3 Å². The maximum Gasteiger partial charge on any atom is 0.232 e. The van der Waals surface area contributed by atoms with Crippen LogP contribution < -0.4 is 9.47 Å². The lowest BCUT2D eigenvalue weighted by molar-refractivity contribution is 0.157. The second-order valence-corrected chi connectivity index (χ2v) is 10.4. The minimum Gasteiger partial charge on any atom is -0.489 e. The minimum absolute atomic E-state index is 0.0384. The third kappa shape index (κ3) is 7.26. The molecule has 0 saturated heterocycles. The van der Waals surface area contributed by atoms with Crippen molar-refractivity contribution in [2.45, 2.75) is 85.8 Å². The molecule has 0 aliphatic carbocycles. The van der Waals surface area contributed by atoms with Gasteiger partial charge in [0.2, 0.25) is 5.88 Å². The fraction of sp³-hybridized carbons (Fsp3) is 0.625. The van der Waals surface area contributed by atoms with Gasteiger partial charge in [-0.15, -0.1) is 5.10 Å². The molecular weight excluding hydrogens is 384 g/mol. The summed E-state index contributed by atoms with van der Waals surface area (Å²) in [4.78, 5) is 0. The van der Waals surface area contributed by atoms with E-state index >= 15 is 0 Å². The van der Waals surface area contributed by atoms with Gasteiger partial charge in [0.15, 0.2) is 0 Å². The van der Waals surface area contributed by atoms with Crippen LogP contribution in [0.2, 0.25) is 5.02 Å². The van der Waals surface area contributed by atoms with Crippen molar-refractivity contribution >= 4 is 11.6 Å². The van der Waals surface area contributed by atoms with Crippen LogP contribution in [0.15, 0.2) is 30.5 Å². The van der Waals surface area contributed by atoms with Gasteiger partial charge in [-0.3, -0.25) is 4.68 Å². The first-order valence-corrected chi connectivity index (χ1v) is 10.9. The Kier molecular flexibility index (Phi) is 7.67. The summed E-state index contributed by atoms with van der Waals surface area (Å²) < 4.78 is 13.8. The molecule has 4 nitrogen and oxygen atoms in total. The highest BCUT2D eigenvalue weighted by atomic mass is 35.5. The Bertz CT molecular complexity index is 790. The molecule has 1 aromatic heterocycles. The van der Waals surface area contributed by atoms with Crippen molar-refractivity contribution in [2.24, 2.45) is 5.41 Å². The first-order valence-electron chi connectivity index (χ1n) is 10.5. The lowest BCUT2D eigenvalue weighted by Crippen LogP contribution is -2.24. The van der Waals surface area contributed by atoms with Crippen molar-refractivity contribution in [1.29, 1.82) is 0 Å². The van der Waals surface area contributed by atoms with Crippen LogP contribution in [0.4, 0.5) is 0 Å². The molecule has 0 amide bonds. The summed E-state index contributed by atoms with van der Waals surface area (Å²) >= 11 is 6.27. The van der Waals surface area contributed by atoms with Gasteiger partial charge in [-0.2, -0.15) is 0 Å². The molecule has 0 saturated carbocycles. The Morgan fingerprint density at radius 2 is 1.76 bits per heavy atom. The van der Waals surface area contributed by atoms with Crippen molar-refractivity contribution in [3.63, 3.8) is 0 Å². The molecule has 2 aromatic rings. The lowest BCUT2D eigenvalue weighted by Gasteiger charge is -2.26. The summed E-state index contributed by atoms with van der Waals surface area (Å²) in [6.45, 7) is 17.8. The number of rotatable bonds is 9. The minimum atomic E-state index is -0.0384. The molecule has 0 aliphatic rings. The molecular formula is C24H37ClN2O2. The van der Waals surface area contributed by atoms with E-state index in [4.69, 9.17) is 21.1 Å². The van der Waals surface area contributed by atoms with Crippen molar-refractivity contribution in [2.75, 3.05) is 6.61 Å². The molecule has 0 aliphatic heterocycles. The zero-order chi connectivity index (χ0) is 21.8. The monoisotopic (exact) mass is 420 g/mol. The standard InChI is InChI=1S/C24H37ClN2O2/c1-17(2)29-21-15-19(9-10-20(21)25)18(3)11-13-24(7,8)16-28-22-12-14-27(26-22)23(4,5)6/h9-10,12,14-15,17-18H,11,13,16H2,1-8H3. The van der Waals surface area contributed by atoms with Crippen LogP contribution in [0.25, 0.3) is 0 Å². The van der Waals surface area contributed by atoms with E-state index in [1.165, 1.54) is 5.56 Å².